The highest BCUT2D eigenvalue weighted by Crippen LogP contribution is 2.50. The fraction of sp³-hybridized carbons (Fsp3) is 0.333. The van der Waals surface area contributed by atoms with Gasteiger partial charge in [0.15, 0.2) is 11.5 Å². The molecule has 0 radical (unpaired) electrons. The van der Waals surface area contributed by atoms with E-state index in [-0.39, 0.29) is 23.2 Å². The molecule has 2 aliphatic rings. The molecule has 0 fully saturated rings. The van der Waals surface area contributed by atoms with Crippen LogP contribution < -0.4 is 11.1 Å². The van der Waals surface area contributed by atoms with Gasteiger partial charge in [0, 0.05) is 23.4 Å². The molecule has 0 saturated heterocycles. The zero-order valence-corrected chi connectivity index (χ0v) is 18.1. The minimum atomic E-state index is -1.05. The van der Waals surface area contributed by atoms with Gasteiger partial charge in [-0.1, -0.05) is 19.9 Å². The van der Waals surface area contributed by atoms with Crippen LogP contribution in [0, 0.1) is 5.41 Å². The smallest absolute Gasteiger partial charge is 0.274 e. The normalized spacial score (nSPS) is 22.4. The summed E-state index contributed by atoms with van der Waals surface area (Å²) in [6, 6.07) is 9.05. The summed E-state index contributed by atoms with van der Waals surface area (Å²) in [6.45, 7) is 4.26. The Morgan fingerprint density at radius 1 is 1.28 bits per heavy atom. The highest BCUT2D eigenvalue weighted by atomic mass is 79.9. The number of nitrogens with one attached hydrogen (secondary N) is 1. The van der Waals surface area contributed by atoms with E-state index in [9.17, 15) is 9.59 Å². The summed E-state index contributed by atoms with van der Waals surface area (Å²) in [5, 5.41) is 2.87. The molecule has 1 atom stereocenters. The summed E-state index contributed by atoms with van der Waals surface area (Å²) in [4.78, 5) is 35.9. The number of nitrogens with zero attached hydrogens (tertiary/aromatic N) is 3. The van der Waals surface area contributed by atoms with E-state index in [0.717, 1.165) is 22.0 Å². The Morgan fingerprint density at radius 3 is 2.66 bits per heavy atom. The number of nitrogens with two attached hydrogens (primary N) is 1. The van der Waals surface area contributed by atoms with Crippen LogP contribution in [-0.2, 0) is 16.8 Å². The van der Waals surface area contributed by atoms with E-state index in [4.69, 9.17) is 5.73 Å². The monoisotopic (exact) mass is 455 g/mol. The molecule has 3 N–H and O–H groups in total. The summed E-state index contributed by atoms with van der Waals surface area (Å²) in [6.07, 6.45) is 2.95. The van der Waals surface area contributed by atoms with E-state index in [2.05, 4.69) is 45.1 Å². The van der Waals surface area contributed by atoms with E-state index in [1.54, 1.807) is 25.4 Å². The molecule has 4 rings (SSSR count). The summed E-state index contributed by atoms with van der Waals surface area (Å²) >= 11 is 3.31. The second-order valence-corrected chi connectivity index (χ2v) is 9.32. The molecule has 1 unspecified atom stereocenters. The Bertz CT molecular complexity index is 1050. The van der Waals surface area contributed by atoms with Crippen LogP contribution in [-0.4, -0.2) is 34.7 Å². The predicted molar refractivity (Wildman–Crippen MR) is 115 cm³/mol. The van der Waals surface area contributed by atoms with Crippen molar-refractivity contribution in [2.45, 2.75) is 32.2 Å². The number of likely N-dealkylation sites (N-methyl/N-ethyl adjacent to an activating group) is 1. The molecule has 7 nitrogen and oxygen atoms in total. The van der Waals surface area contributed by atoms with Gasteiger partial charge >= 0.3 is 0 Å². The SMILES string of the molecule is CN1C(=O)C2(CC(C)(C)Cc3ccc(NC(=O)c4ccc(Br)cn4)cc32)N=C1N. The van der Waals surface area contributed by atoms with E-state index >= 15 is 0 Å². The fourth-order valence-electron chi connectivity index (χ4n) is 4.25. The van der Waals surface area contributed by atoms with Gasteiger partial charge in [-0.05, 0) is 69.6 Å². The number of pyridine rings is 1. The molecule has 29 heavy (non-hydrogen) atoms. The van der Waals surface area contributed by atoms with Gasteiger partial charge in [0.05, 0.1) is 0 Å². The van der Waals surface area contributed by atoms with Crippen molar-refractivity contribution in [3.63, 3.8) is 0 Å². The van der Waals surface area contributed by atoms with E-state index in [1.165, 1.54) is 4.90 Å². The number of aliphatic imine (C=N–C) groups is 1. The maximum atomic E-state index is 13.2. The number of guanidine groups is 1. The second kappa shape index (κ2) is 6.66. The maximum absolute atomic E-state index is 13.2. The third-order valence-electron chi connectivity index (χ3n) is 5.48. The van der Waals surface area contributed by atoms with Crippen LogP contribution in [0.1, 0.15) is 41.9 Å². The standard InChI is InChI=1S/C21H22BrN5O2/c1-20(2)9-12-4-6-14(25-17(28)16-7-5-13(22)10-24-16)8-15(12)21(11-20)18(29)27(3)19(23)26-21/h4-8,10H,9,11H2,1-3H3,(H2,23,26)(H,25,28). The summed E-state index contributed by atoms with van der Waals surface area (Å²) in [5.41, 5.74) is 7.59. The molecule has 1 aromatic heterocycles. The average molecular weight is 456 g/mol. The van der Waals surface area contributed by atoms with Gasteiger partial charge in [-0.15, -0.1) is 0 Å². The Morgan fingerprint density at radius 2 is 2.03 bits per heavy atom. The Labute approximate surface area is 177 Å². The lowest BCUT2D eigenvalue weighted by Gasteiger charge is -2.41. The third kappa shape index (κ3) is 3.31. The molecule has 2 aromatic rings. The van der Waals surface area contributed by atoms with Gasteiger partial charge in [-0.2, -0.15) is 0 Å². The number of fused-ring (bicyclic) bond motifs is 2. The molecular weight excluding hydrogens is 434 g/mol. The number of aromatic nitrogens is 1. The molecule has 2 heterocycles. The van der Waals surface area contributed by atoms with E-state index in [0.29, 0.717) is 17.8 Å². The minimum Gasteiger partial charge on any atom is -0.369 e. The van der Waals surface area contributed by atoms with Crippen molar-refractivity contribution < 1.29 is 9.59 Å². The summed E-state index contributed by atoms with van der Waals surface area (Å²) in [5.74, 6) is -0.241. The zero-order chi connectivity index (χ0) is 21.0. The van der Waals surface area contributed by atoms with Crippen molar-refractivity contribution in [3.05, 3.63) is 57.8 Å². The first-order valence-electron chi connectivity index (χ1n) is 9.31. The first-order chi connectivity index (χ1) is 13.6. The van der Waals surface area contributed by atoms with Crippen molar-refractivity contribution in [1.29, 1.82) is 0 Å². The molecule has 1 aromatic carbocycles. The molecule has 1 spiro atoms. The van der Waals surface area contributed by atoms with Crippen LogP contribution in [0.3, 0.4) is 0 Å². The summed E-state index contributed by atoms with van der Waals surface area (Å²) in [7, 11) is 1.64. The number of amides is 2. The van der Waals surface area contributed by atoms with Crippen LogP contribution in [0.5, 0.6) is 0 Å². The van der Waals surface area contributed by atoms with E-state index < -0.39 is 5.54 Å². The highest BCUT2D eigenvalue weighted by molar-refractivity contribution is 9.10. The minimum absolute atomic E-state index is 0.107. The number of anilines is 1. The number of carbonyl (C=O) groups excluding carboxylic acids is 2. The van der Waals surface area contributed by atoms with Crippen molar-refractivity contribution in [1.82, 2.24) is 9.88 Å². The fourth-order valence-corrected chi connectivity index (χ4v) is 4.49. The van der Waals surface area contributed by atoms with Crippen LogP contribution in [0.4, 0.5) is 5.69 Å². The lowest BCUT2D eigenvalue weighted by molar-refractivity contribution is -0.132. The van der Waals surface area contributed by atoms with Gasteiger partial charge in [-0.25, -0.2) is 9.98 Å². The molecule has 1 aliphatic carbocycles. The van der Waals surface area contributed by atoms with Crippen LogP contribution in [0.15, 0.2) is 46.0 Å². The molecule has 2 amide bonds. The second-order valence-electron chi connectivity index (χ2n) is 8.40. The Kier molecular flexibility index (Phi) is 4.49. The highest BCUT2D eigenvalue weighted by Gasteiger charge is 2.54. The molecule has 8 heteroatoms. The van der Waals surface area contributed by atoms with Crippen molar-refractivity contribution >= 4 is 39.4 Å². The van der Waals surface area contributed by atoms with Gasteiger partial charge in [0.2, 0.25) is 0 Å². The number of rotatable bonds is 2. The van der Waals surface area contributed by atoms with Gasteiger partial charge in [0.25, 0.3) is 11.8 Å². The molecule has 150 valence electrons. The van der Waals surface area contributed by atoms with Crippen molar-refractivity contribution in [3.8, 4) is 0 Å². The van der Waals surface area contributed by atoms with Crippen LogP contribution in [0.2, 0.25) is 0 Å². The zero-order valence-electron chi connectivity index (χ0n) is 16.5. The predicted octanol–water partition coefficient (Wildman–Crippen LogP) is 3.05. The van der Waals surface area contributed by atoms with Crippen LogP contribution in [0.25, 0.3) is 0 Å². The van der Waals surface area contributed by atoms with Gasteiger partial charge in [-0.3, -0.25) is 14.5 Å². The number of halogens is 1. The number of hydrogen-bond donors (Lipinski definition) is 2. The first-order valence-corrected chi connectivity index (χ1v) is 10.1. The Hall–Kier alpha value is -2.74. The van der Waals surface area contributed by atoms with Gasteiger partial charge in [0.1, 0.15) is 5.69 Å². The topological polar surface area (TPSA) is 101 Å². The molecule has 1 aliphatic heterocycles. The number of hydrogen-bond acceptors (Lipinski definition) is 5. The average Bonchev–Trinajstić information content (AvgIpc) is 2.86. The van der Waals surface area contributed by atoms with Crippen LogP contribution >= 0.6 is 15.9 Å². The largest absolute Gasteiger partial charge is 0.369 e. The van der Waals surface area contributed by atoms with Crippen molar-refractivity contribution in [2.24, 2.45) is 16.1 Å². The van der Waals surface area contributed by atoms with Gasteiger partial charge < -0.3 is 11.1 Å². The number of benzene rings is 1. The lowest BCUT2D eigenvalue weighted by Crippen LogP contribution is -2.46. The lowest BCUT2D eigenvalue weighted by atomic mass is 9.65. The van der Waals surface area contributed by atoms with E-state index in [1.807, 2.05) is 18.2 Å². The maximum Gasteiger partial charge on any atom is 0.274 e. The van der Waals surface area contributed by atoms with Crippen molar-refractivity contribution in [2.75, 3.05) is 12.4 Å². The molecule has 0 bridgehead atoms. The first kappa shape index (κ1) is 19.6. The molecule has 0 saturated carbocycles. The summed E-state index contributed by atoms with van der Waals surface area (Å²) < 4.78 is 0.798. The number of carbonyl (C=O) groups is 2. The third-order valence-corrected chi connectivity index (χ3v) is 5.95. The molecular formula is C21H22BrN5O2. The Balaban J connectivity index is 1.74. The quantitative estimate of drug-likeness (QED) is 0.726.